The van der Waals surface area contributed by atoms with Crippen LogP contribution in [-0.2, 0) is 39.9 Å². The van der Waals surface area contributed by atoms with Gasteiger partial charge in [-0.25, -0.2) is 0 Å². The van der Waals surface area contributed by atoms with E-state index < -0.39 is 26.1 Å². The molecule has 2 fully saturated rings. The molecule has 3 aliphatic rings. The second-order valence-corrected chi connectivity index (χ2v) is 18.1. The van der Waals surface area contributed by atoms with Crippen molar-refractivity contribution in [3.05, 3.63) is 112 Å². The molecule has 1 N–H and O–H groups in total. The van der Waals surface area contributed by atoms with Crippen LogP contribution in [0.15, 0.2) is 82.6 Å². The zero-order valence-electron chi connectivity index (χ0n) is 31.7. The molecule has 1 saturated carbocycles. The molecule has 4 aromatic rings. The number of fused-ring (bicyclic) bond motifs is 1. The maximum atomic E-state index is 14.9. The van der Waals surface area contributed by atoms with Gasteiger partial charge >= 0.3 is 20.2 Å². The topological polar surface area (TPSA) is 132 Å². The highest BCUT2D eigenvalue weighted by atomic mass is 32.2. The zero-order valence-corrected chi connectivity index (χ0v) is 33.3. The SMILES string of the molecule is Cc1ccc(S(=O)(=O)Oc2cc(OS(=O)(=O)c3ccc(C)cc3)c(C(=O)N3Cc4ccc(CN5CCNCC5)cc4C3)c(OCC3CCCCC3)c2C)cc1. The van der Waals surface area contributed by atoms with Gasteiger partial charge in [-0.1, -0.05) is 72.9 Å². The van der Waals surface area contributed by atoms with E-state index in [0.717, 1.165) is 92.6 Å². The van der Waals surface area contributed by atoms with E-state index in [1.54, 1.807) is 36.1 Å². The molecular formula is C42H49N3O8S2. The summed E-state index contributed by atoms with van der Waals surface area (Å²) in [5, 5.41) is 3.38. The largest absolute Gasteiger partial charge is 0.492 e. The van der Waals surface area contributed by atoms with Gasteiger partial charge in [0.1, 0.15) is 21.1 Å². The quantitative estimate of drug-likeness (QED) is 0.156. The van der Waals surface area contributed by atoms with Crippen LogP contribution in [-0.4, -0.2) is 65.3 Å². The van der Waals surface area contributed by atoms with Crippen molar-refractivity contribution in [1.82, 2.24) is 15.1 Å². The predicted octanol–water partition coefficient (Wildman–Crippen LogP) is 6.67. The standard InChI is InChI=1S/C42H49N3O8S2/c1-29-9-15-36(16-10-29)54(47,48)52-38-24-39(53-55(49,50)37-17-11-30(2)12-18-37)40(41(31(38)3)51-28-32-7-5-4-6-8-32)42(46)45-26-34-14-13-33(23-35(34)27-45)25-44-21-19-43-20-22-44/h9-18,23-24,32,43H,4-8,19-22,25-28H2,1-3H3. The summed E-state index contributed by atoms with van der Waals surface area (Å²) in [6, 6.07) is 19.8. The minimum absolute atomic E-state index is 0.0386. The number of hydrogen-bond donors (Lipinski definition) is 1. The molecule has 7 rings (SSSR count). The molecular weight excluding hydrogens is 739 g/mol. The molecule has 55 heavy (non-hydrogen) atoms. The molecule has 0 unspecified atom stereocenters. The lowest BCUT2D eigenvalue weighted by Gasteiger charge is -2.27. The Bertz CT molecular complexity index is 2250. The van der Waals surface area contributed by atoms with Crippen LogP contribution in [0.3, 0.4) is 0 Å². The highest BCUT2D eigenvalue weighted by Crippen LogP contribution is 2.43. The molecule has 0 spiro atoms. The summed E-state index contributed by atoms with van der Waals surface area (Å²) in [4.78, 5) is 18.7. The number of nitrogens with one attached hydrogen (secondary N) is 1. The number of ether oxygens (including phenoxy) is 1. The van der Waals surface area contributed by atoms with Crippen LogP contribution in [0.4, 0.5) is 0 Å². The van der Waals surface area contributed by atoms with Crippen LogP contribution in [0.25, 0.3) is 0 Å². The lowest BCUT2D eigenvalue weighted by Crippen LogP contribution is -2.42. The second-order valence-electron chi connectivity index (χ2n) is 15.0. The maximum Gasteiger partial charge on any atom is 0.339 e. The lowest BCUT2D eigenvalue weighted by molar-refractivity contribution is 0.0743. The van der Waals surface area contributed by atoms with Gasteiger partial charge in [-0.3, -0.25) is 9.69 Å². The molecule has 4 aromatic carbocycles. The molecule has 11 nitrogen and oxygen atoms in total. The summed E-state index contributed by atoms with van der Waals surface area (Å²) in [7, 11) is -8.89. The summed E-state index contributed by atoms with van der Waals surface area (Å²) >= 11 is 0. The molecule has 292 valence electrons. The van der Waals surface area contributed by atoms with Crippen molar-refractivity contribution in [3.8, 4) is 17.2 Å². The average molecular weight is 788 g/mol. The smallest absolute Gasteiger partial charge is 0.339 e. The van der Waals surface area contributed by atoms with Crippen LogP contribution in [0.2, 0.25) is 0 Å². The summed E-state index contributed by atoms with van der Waals surface area (Å²) in [6.45, 7) is 10.8. The number of hydrogen-bond acceptors (Lipinski definition) is 10. The van der Waals surface area contributed by atoms with E-state index in [4.69, 9.17) is 13.1 Å². The van der Waals surface area contributed by atoms with Gasteiger partial charge in [0, 0.05) is 57.4 Å². The highest BCUT2D eigenvalue weighted by Gasteiger charge is 2.35. The third-order valence-electron chi connectivity index (χ3n) is 10.8. The van der Waals surface area contributed by atoms with Gasteiger partial charge in [0.05, 0.1) is 6.61 Å². The third-order valence-corrected chi connectivity index (χ3v) is 13.3. The van der Waals surface area contributed by atoms with Crippen LogP contribution in [0.5, 0.6) is 17.2 Å². The first-order chi connectivity index (χ1) is 26.4. The van der Waals surface area contributed by atoms with Crippen molar-refractivity contribution < 1.29 is 34.7 Å². The lowest BCUT2D eigenvalue weighted by atomic mass is 9.90. The fraction of sp³-hybridized carbons (Fsp3) is 0.405. The third kappa shape index (κ3) is 9.01. The van der Waals surface area contributed by atoms with Crippen LogP contribution >= 0.6 is 0 Å². The molecule has 0 aromatic heterocycles. The van der Waals surface area contributed by atoms with Crippen molar-refractivity contribution in [2.24, 2.45) is 5.92 Å². The van der Waals surface area contributed by atoms with Gasteiger partial charge in [0.25, 0.3) is 5.91 Å². The van der Waals surface area contributed by atoms with E-state index in [1.807, 2.05) is 13.8 Å². The first kappa shape index (κ1) is 38.8. The minimum Gasteiger partial charge on any atom is -0.492 e. The van der Waals surface area contributed by atoms with Crippen molar-refractivity contribution in [3.63, 3.8) is 0 Å². The number of nitrogens with zero attached hydrogens (tertiary/aromatic N) is 2. The van der Waals surface area contributed by atoms with Crippen LogP contribution in [0, 0.1) is 26.7 Å². The number of rotatable bonds is 12. The first-order valence-corrected chi connectivity index (χ1v) is 21.8. The summed E-state index contributed by atoms with van der Waals surface area (Å²) in [5.74, 6) is -0.825. The number of piperazine rings is 1. The van der Waals surface area contributed by atoms with Gasteiger partial charge in [-0.15, -0.1) is 0 Å². The maximum absolute atomic E-state index is 14.9. The second kappa shape index (κ2) is 16.4. The van der Waals surface area contributed by atoms with Gasteiger partial charge in [0.15, 0.2) is 11.5 Å². The fourth-order valence-electron chi connectivity index (χ4n) is 7.52. The van der Waals surface area contributed by atoms with E-state index in [2.05, 4.69) is 28.4 Å². The molecule has 0 radical (unpaired) electrons. The van der Waals surface area contributed by atoms with Crippen molar-refractivity contribution in [2.75, 3.05) is 32.8 Å². The molecule has 13 heteroatoms. The van der Waals surface area contributed by atoms with E-state index >= 15 is 0 Å². The fourth-order valence-corrected chi connectivity index (χ4v) is 9.43. The number of benzene rings is 4. The summed E-state index contributed by atoms with van der Waals surface area (Å²) < 4.78 is 73.1. The Morgan fingerprint density at radius 1 is 0.727 bits per heavy atom. The number of aryl methyl sites for hydroxylation is 2. The van der Waals surface area contributed by atoms with Gasteiger partial charge in [0.2, 0.25) is 0 Å². The minimum atomic E-state index is -4.51. The Morgan fingerprint density at radius 2 is 1.31 bits per heavy atom. The molecule has 2 heterocycles. The number of amides is 1. The molecule has 1 amide bonds. The predicted molar refractivity (Wildman–Crippen MR) is 209 cm³/mol. The van der Waals surface area contributed by atoms with E-state index in [9.17, 15) is 21.6 Å². The Balaban J connectivity index is 1.29. The van der Waals surface area contributed by atoms with Crippen molar-refractivity contribution in [1.29, 1.82) is 0 Å². The summed E-state index contributed by atoms with van der Waals surface area (Å²) in [6.07, 6.45) is 5.15. The van der Waals surface area contributed by atoms with Gasteiger partial charge in [-0.05, 0) is 80.5 Å². The molecule has 0 bridgehead atoms. The first-order valence-electron chi connectivity index (χ1n) is 19.0. The molecule has 2 aliphatic heterocycles. The normalized spacial score (nSPS) is 16.8. The Labute approximate surface area is 324 Å². The van der Waals surface area contributed by atoms with Crippen LogP contribution < -0.4 is 18.4 Å². The Kier molecular flexibility index (Phi) is 11.5. The van der Waals surface area contributed by atoms with Crippen molar-refractivity contribution >= 4 is 26.1 Å². The number of carbonyl (C=O) groups is 1. The Morgan fingerprint density at radius 3 is 1.93 bits per heavy atom. The monoisotopic (exact) mass is 787 g/mol. The zero-order chi connectivity index (χ0) is 38.7. The molecule has 1 aliphatic carbocycles. The highest BCUT2D eigenvalue weighted by molar-refractivity contribution is 7.87. The summed E-state index contributed by atoms with van der Waals surface area (Å²) in [5.41, 5.74) is 5.03. The Hall–Kier alpha value is -4.43. The van der Waals surface area contributed by atoms with Gasteiger partial charge in [-0.2, -0.15) is 16.8 Å². The van der Waals surface area contributed by atoms with Gasteiger partial charge < -0.3 is 23.3 Å². The van der Waals surface area contributed by atoms with Crippen LogP contribution in [0.1, 0.15) is 75.8 Å². The van der Waals surface area contributed by atoms with E-state index in [0.29, 0.717) is 13.1 Å². The van der Waals surface area contributed by atoms with E-state index in [1.165, 1.54) is 30.3 Å². The average Bonchev–Trinajstić information content (AvgIpc) is 3.60. The molecule has 0 atom stereocenters. The number of carbonyl (C=O) groups excluding carboxylic acids is 1. The van der Waals surface area contributed by atoms with E-state index in [-0.39, 0.29) is 50.7 Å². The molecule has 1 saturated heterocycles. The van der Waals surface area contributed by atoms with Crippen molar-refractivity contribution in [2.45, 2.75) is 82.3 Å².